The number of fused-ring (bicyclic) bond motifs is 1. The topological polar surface area (TPSA) is 117 Å². The number of pyridine rings is 3. The number of ether oxygens (including phenoxy) is 2. The van der Waals surface area contributed by atoms with Gasteiger partial charge in [0, 0.05) is 24.2 Å². The summed E-state index contributed by atoms with van der Waals surface area (Å²) in [5, 5.41) is 11.9. The van der Waals surface area contributed by atoms with Crippen LogP contribution in [0, 0.1) is 5.82 Å². The highest BCUT2D eigenvalue weighted by Crippen LogP contribution is 2.39. The Balaban J connectivity index is 1.24. The molecular formula is C29H26FN7O3. The molecule has 0 unspecified atom stereocenters. The molecule has 202 valence electrons. The van der Waals surface area contributed by atoms with Crippen molar-refractivity contribution in [2.24, 2.45) is 0 Å². The zero-order valence-electron chi connectivity index (χ0n) is 21.9. The van der Waals surface area contributed by atoms with Crippen LogP contribution in [-0.2, 0) is 0 Å². The molecule has 4 heterocycles. The molecule has 0 radical (unpaired) electrons. The van der Waals surface area contributed by atoms with Gasteiger partial charge in [0.05, 0.1) is 42.9 Å². The van der Waals surface area contributed by atoms with Gasteiger partial charge in [-0.2, -0.15) is 0 Å². The van der Waals surface area contributed by atoms with Crippen LogP contribution in [0.3, 0.4) is 0 Å². The Kier molecular flexibility index (Phi) is 6.77. The van der Waals surface area contributed by atoms with Gasteiger partial charge in [-0.1, -0.05) is 12.1 Å². The van der Waals surface area contributed by atoms with Crippen molar-refractivity contribution in [2.45, 2.75) is 31.7 Å². The molecule has 1 aliphatic rings. The van der Waals surface area contributed by atoms with E-state index in [-0.39, 0.29) is 17.9 Å². The van der Waals surface area contributed by atoms with E-state index in [1.807, 2.05) is 6.92 Å². The third-order valence-electron chi connectivity index (χ3n) is 6.93. The number of para-hydroxylation sites is 1. The number of carbonyl (C=O) groups is 1. The number of rotatable bonds is 8. The van der Waals surface area contributed by atoms with Gasteiger partial charge in [-0.05, 0) is 50.1 Å². The van der Waals surface area contributed by atoms with Crippen molar-refractivity contribution >= 4 is 16.9 Å². The minimum absolute atomic E-state index is 0.0366. The molecule has 1 amide bonds. The van der Waals surface area contributed by atoms with Gasteiger partial charge < -0.3 is 14.8 Å². The normalized spacial score (nSPS) is 16.4. The summed E-state index contributed by atoms with van der Waals surface area (Å²) >= 11 is 0. The minimum Gasteiger partial charge on any atom is -0.495 e. The lowest BCUT2D eigenvalue weighted by atomic mass is 9.79. The first kappa shape index (κ1) is 25.4. The summed E-state index contributed by atoms with van der Waals surface area (Å²) in [5.41, 5.74) is 2.40. The number of nitrogens with zero attached hydrogens (tertiary/aromatic N) is 6. The van der Waals surface area contributed by atoms with Crippen LogP contribution in [0.25, 0.3) is 28.2 Å². The number of hydrogen-bond donors (Lipinski definition) is 1. The Morgan fingerprint density at radius 1 is 1.05 bits per heavy atom. The average molecular weight is 540 g/mol. The molecule has 0 aliphatic heterocycles. The lowest BCUT2D eigenvalue weighted by Crippen LogP contribution is -2.44. The fraction of sp³-hybridized carbons (Fsp3) is 0.241. The summed E-state index contributed by atoms with van der Waals surface area (Å²) in [6.45, 7) is 2.43. The molecule has 1 N–H and O–H groups in total. The lowest BCUT2D eigenvalue weighted by Gasteiger charge is -2.35. The smallest absolute Gasteiger partial charge is 0.253 e. The Morgan fingerprint density at radius 2 is 1.88 bits per heavy atom. The van der Waals surface area contributed by atoms with E-state index in [4.69, 9.17) is 9.47 Å². The highest BCUT2D eigenvalue weighted by atomic mass is 19.1. The van der Waals surface area contributed by atoms with Crippen LogP contribution in [-0.4, -0.2) is 55.4 Å². The first-order valence-corrected chi connectivity index (χ1v) is 12.9. The molecule has 0 saturated heterocycles. The van der Waals surface area contributed by atoms with Crippen LogP contribution in [0.5, 0.6) is 11.5 Å². The monoisotopic (exact) mass is 539 g/mol. The molecule has 5 aromatic rings. The SMILES string of the molecule is CCOc1ccc(-c2nnc([C@H]3C[C@H](NC(=O)c4ccnc5cc(OC)cnc45)C3)n2-c2ccccc2F)nc1. The fourth-order valence-corrected chi connectivity index (χ4v) is 4.88. The van der Waals surface area contributed by atoms with Crippen LogP contribution in [0.2, 0.25) is 0 Å². The molecule has 10 nitrogen and oxygen atoms in total. The van der Waals surface area contributed by atoms with Crippen molar-refractivity contribution in [3.05, 3.63) is 84.3 Å². The number of nitrogens with one attached hydrogen (secondary N) is 1. The summed E-state index contributed by atoms with van der Waals surface area (Å²) in [4.78, 5) is 26.3. The molecule has 1 aliphatic carbocycles. The summed E-state index contributed by atoms with van der Waals surface area (Å²) in [5.74, 6) is 1.59. The van der Waals surface area contributed by atoms with E-state index in [0.29, 0.717) is 70.6 Å². The highest BCUT2D eigenvalue weighted by molar-refractivity contribution is 6.04. The van der Waals surface area contributed by atoms with Gasteiger partial charge in [-0.15, -0.1) is 10.2 Å². The van der Waals surface area contributed by atoms with Gasteiger partial charge >= 0.3 is 0 Å². The van der Waals surface area contributed by atoms with Gasteiger partial charge in [-0.3, -0.25) is 14.3 Å². The standard InChI is InChI=1S/C29H26FN7O3/c1-3-40-19-8-9-23(32-15-19)28-36-35-27(37(28)25-7-5-4-6-22(25)30)17-12-18(13-17)34-29(38)21-10-11-31-24-14-20(39-2)16-33-26(21)24/h4-11,14-18H,3,12-13H2,1-2H3,(H,34,38)/t17-,18-. The molecule has 0 atom stereocenters. The number of halogens is 1. The predicted molar refractivity (Wildman–Crippen MR) is 145 cm³/mol. The van der Waals surface area contributed by atoms with Crippen LogP contribution in [0.15, 0.2) is 67.1 Å². The van der Waals surface area contributed by atoms with E-state index in [1.54, 1.807) is 72.7 Å². The van der Waals surface area contributed by atoms with Gasteiger partial charge in [0.25, 0.3) is 5.91 Å². The van der Waals surface area contributed by atoms with E-state index in [9.17, 15) is 9.18 Å². The molecular weight excluding hydrogens is 513 g/mol. The van der Waals surface area contributed by atoms with Crippen LogP contribution < -0.4 is 14.8 Å². The quantitative estimate of drug-likeness (QED) is 0.307. The van der Waals surface area contributed by atoms with Crippen molar-refractivity contribution in [3.8, 4) is 28.7 Å². The molecule has 4 aromatic heterocycles. The predicted octanol–water partition coefficient (Wildman–Crippen LogP) is 4.49. The Morgan fingerprint density at radius 3 is 2.62 bits per heavy atom. The Hall–Kier alpha value is -4.93. The third-order valence-corrected chi connectivity index (χ3v) is 6.93. The van der Waals surface area contributed by atoms with E-state index in [0.717, 1.165) is 0 Å². The maximum Gasteiger partial charge on any atom is 0.253 e. The molecule has 1 aromatic carbocycles. The molecule has 11 heteroatoms. The van der Waals surface area contributed by atoms with Crippen LogP contribution in [0.1, 0.15) is 41.9 Å². The van der Waals surface area contributed by atoms with Crippen LogP contribution in [0.4, 0.5) is 4.39 Å². The number of benzene rings is 1. The minimum atomic E-state index is -0.395. The Labute approximate surface area is 229 Å². The molecule has 1 saturated carbocycles. The third kappa shape index (κ3) is 4.70. The maximum absolute atomic E-state index is 15.0. The number of methoxy groups -OCH3 is 1. The number of hydrogen-bond acceptors (Lipinski definition) is 8. The fourth-order valence-electron chi connectivity index (χ4n) is 4.88. The summed E-state index contributed by atoms with van der Waals surface area (Å²) in [6, 6.07) is 13.4. The summed E-state index contributed by atoms with van der Waals surface area (Å²) in [6.07, 6.45) is 6.00. The van der Waals surface area contributed by atoms with Gasteiger partial charge in [0.1, 0.15) is 34.4 Å². The zero-order chi connectivity index (χ0) is 27.6. The highest BCUT2D eigenvalue weighted by Gasteiger charge is 2.37. The van der Waals surface area contributed by atoms with E-state index >= 15 is 0 Å². The second-order valence-corrected chi connectivity index (χ2v) is 9.42. The Bertz CT molecular complexity index is 1680. The largest absolute Gasteiger partial charge is 0.495 e. The van der Waals surface area contributed by atoms with E-state index in [2.05, 4.69) is 30.5 Å². The lowest BCUT2D eigenvalue weighted by molar-refractivity contribution is 0.0908. The van der Waals surface area contributed by atoms with Crippen molar-refractivity contribution in [2.75, 3.05) is 13.7 Å². The molecule has 1 fully saturated rings. The average Bonchev–Trinajstić information content (AvgIpc) is 3.39. The molecule has 0 spiro atoms. The second-order valence-electron chi connectivity index (χ2n) is 9.42. The van der Waals surface area contributed by atoms with Crippen LogP contribution >= 0.6 is 0 Å². The summed E-state index contributed by atoms with van der Waals surface area (Å²) < 4.78 is 27.4. The first-order valence-electron chi connectivity index (χ1n) is 12.9. The number of aromatic nitrogens is 6. The van der Waals surface area contributed by atoms with E-state index < -0.39 is 5.82 Å². The second kappa shape index (κ2) is 10.7. The van der Waals surface area contributed by atoms with Crippen molar-refractivity contribution in [1.82, 2.24) is 35.0 Å². The molecule has 40 heavy (non-hydrogen) atoms. The van der Waals surface area contributed by atoms with Gasteiger partial charge in [-0.25, -0.2) is 14.4 Å². The van der Waals surface area contributed by atoms with Crippen molar-refractivity contribution < 1.29 is 18.7 Å². The van der Waals surface area contributed by atoms with E-state index in [1.165, 1.54) is 6.07 Å². The molecule has 0 bridgehead atoms. The summed E-state index contributed by atoms with van der Waals surface area (Å²) in [7, 11) is 1.55. The van der Waals surface area contributed by atoms with Gasteiger partial charge in [0.15, 0.2) is 5.82 Å². The van der Waals surface area contributed by atoms with Crippen molar-refractivity contribution in [3.63, 3.8) is 0 Å². The number of carbonyl (C=O) groups excluding carboxylic acids is 1. The maximum atomic E-state index is 15.0. The van der Waals surface area contributed by atoms with Gasteiger partial charge in [0.2, 0.25) is 0 Å². The zero-order valence-corrected chi connectivity index (χ0v) is 21.9. The number of amides is 1. The van der Waals surface area contributed by atoms with Crippen molar-refractivity contribution in [1.29, 1.82) is 0 Å². The first-order chi connectivity index (χ1) is 19.6. The molecule has 6 rings (SSSR count).